The number of phenols is 1. The molecule has 2 aliphatic heterocycles. The first-order chi connectivity index (χ1) is 14.6. The Morgan fingerprint density at radius 1 is 1.00 bits per heavy atom. The second-order valence-electron chi connectivity index (χ2n) is 7.19. The van der Waals surface area contributed by atoms with Gasteiger partial charge in [-0.25, -0.2) is 0 Å². The van der Waals surface area contributed by atoms with Gasteiger partial charge in [0.1, 0.15) is 11.9 Å². The van der Waals surface area contributed by atoms with Crippen LogP contribution in [-0.2, 0) is 0 Å². The Balaban J connectivity index is 1.59. The highest BCUT2D eigenvalue weighted by Gasteiger charge is 2.29. The maximum atomic E-state index is 10.5. The van der Waals surface area contributed by atoms with E-state index in [4.69, 9.17) is 26.1 Å². The van der Waals surface area contributed by atoms with Gasteiger partial charge in [0, 0.05) is 38.8 Å². The topological polar surface area (TPSA) is 63.1 Å². The van der Waals surface area contributed by atoms with Crippen LogP contribution in [0.3, 0.4) is 0 Å². The maximum Gasteiger partial charge on any atom is 0.231 e. The fraction of sp³-hybridized carbons (Fsp3) is 0.174. The Kier molecular flexibility index (Phi) is 5.15. The van der Waals surface area contributed by atoms with Crippen molar-refractivity contribution >= 4 is 33.2 Å². The van der Waals surface area contributed by atoms with Crippen molar-refractivity contribution in [2.45, 2.75) is 18.6 Å². The largest absolute Gasteiger partial charge is 0.508 e. The number of rotatable bonds is 3. The number of nitrogens with zero attached hydrogens (tertiary/aromatic N) is 1. The number of hydrogen-bond acceptors (Lipinski definition) is 5. The highest BCUT2D eigenvalue weighted by atomic mass is 79.9. The smallest absolute Gasteiger partial charge is 0.231 e. The summed E-state index contributed by atoms with van der Waals surface area (Å²) in [6, 6.07) is 18.8. The van der Waals surface area contributed by atoms with E-state index in [2.05, 4.69) is 21.2 Å². The molecule has 3 aromatic rings. The summed E-state index contributed by atoms with van der Waals surface area (Å²) >= 11 is 9.98. The summed E-state index contributed by atoms with van der Waals surface area (Å²) in [5.74, 6) is 1.68. The van der Waals surface area contributed by atoms with Crippen LogP contribution in [0.5, 0.6) is 17.2 Å². The van der Waals surface area contributed by atoms with Crippen LogP contribution in [-0.4, -0.2) is 17.6 Å². The van der Waals surface area contributed by atoms with Crippen LogP contribution in [0.1, 0.15) is 35.3 Å². The van der Waals surface area contributed by atoms with Gasteiger partial charge >= 0.3 is 0 Å². The van der Waals surface area contributed by atoms with E-state index >= 15 is 0 Å². The fourth-order valence-electron chi connectivity index (χ4n) is 3.82. The molecule has 5 nitrogen and oxygen atoms in total. The van der Waals surface area contributed by atoms with Crippen molar-refractivity contribution < 1.29 is 14.6 Å². The number of hydrogen-bond donors (Lipinski definition) is 2. The molecule has 5 rings (SSSR count). The third-order valence-electron chi connectivity index (χ3n) is 5.31. The number of fused-ring (bicyclic) bond motifs is 1. The number of ether oxygens (including phenoxy) is 2. The molecule has 0 saturated heterocycles. The first-order valence-corrected chi connectivity index (χ1v) is 10.7. The number of nitrogens with one attached hydrogen (secondary N) is 1. The molecule has 2 atom stereocenters. The monoisotopic (exact) mass is 484 g/mol. The maximum absolute atomic E-state index is 10.5. The molecule has 0 unspecified atom stereocenters. The molecular weight excluding hydrogens is 468 g/mol. The van der Waals surface area contributed by atoms with Crippen molar-refractivity contribution in [3.05, 3.63) is 86.8 Å². The molecule has 0 bridgehead atoms. The second kappa shape index (κ2) is 7.95. The summed E-state index contributed by atoms with van der Waals surface area (Å²) in [5, 5.41) is 14.7. The zero-order chi connectivity index (χ0) is 20.7. The molecule has 2 aliphatic rings. The predicted octanol–water partition coefficient (Wildman–Crippen LogP) is 5.76. The van der Waals surface area contributed by atoms with Crippen LogP contribution >= 0.6 is 27.5 Å². The van der Waals surface area contributed by atoms with Crippen LogP contribution in [0.15, 0.2) is 70.1 Å². The molecule has 0 spiro atoms. The number of halogens is 2. The van der Waals surface area contributed by atoms with Gasteiger partial charge in [0.05, 0.1) is 0 Å². The van der Waals surface area contributed by atoms with Crippen LogP contribution in [0.25, 0.3) is 0 Å². The van der Waals surface area contributed by atoms with Crippen molar-refractivity contribution in [2.75, 3.05) is 6.79 Å². The standard InChI is InChI=1S/C23H18BrClN2O3/c24-14-6-7-20(28)16(10-14)19-11-18(13-5-8-21-22(9-13)30-12-29-21)26-23(27-19)15-3-1-2-4-17(15)25/h1-10,19,23,27-28H,11-12H2/t19-,23+/m1/s1. The highest BCUT2D eigenvalue weighted by molar-refractivity contribution is 9.10. The summed E-state index contributed by atoms with van der Waals surface area (Å²) in [7, 11) is 0. The van der Waals surface area contributed by atoms with E-state index < -0.39 is 0 Å². The minimum absolute atomic E-state index is 0.151. The zero-order valence-corrected chi connectivity index (χ0v) is 18.2. The third-order valence-corrected chi connectivity index (χ3v) is 6.15. The second-order valence-corrected chi connectivity index (χ2v) is 8.52. The summed E-state index contributed by atoms with van der Waals surface area (Å²) in [6.07, 6.45) is 0.251. The minimum Gasteiger partial charge on any atom is -0.508 e. The molecule has 2 N–H and O–H groups in total. The van der Waals surface area contributed by atoms with Crippen molar-refractivity contribution in [1.29, 1.82) is 0 Å². The lowest BCUT2D eigenvalue weighted by molar-refractivity contribution is 0.174. The molecule has 3 aromatic carbocycles. The quantitative estimate of drug-likeness (QED) is 0.495. The molecule has 0 amide bonds. The van der Waals surface area contributed by atoms with E-state index in [0.29, 0.717) is 17.2 Å². The van der Waals surface area contributed by atoms with Gasteiger partial charge < -0.3 is 14.6 Å². The van der Waals surface area contributed by atoms with Gasteiger partial charge in [-0.2, -0.15) is 0 Å². The molecule has 2 heterocycles. The van der Waals surface area contributed by atoms with E-state index in [1.165, 1.54) is 0 Å². The lowest BCUT2D eigenvalue weighted by atomic mass is 9.93. The average molecular weight is 486 g/mol. The third kappa shape index (κ3) is 3.67. The van der Waals surface area contributed by atoms with Crippen molar-refractivity contribution in [3.63, 3.8) is 0 Å². The Labute approximate surface area is 187 Å². The molecule has 0 radical (unpaired) electrons. The Morgan fingerprint density at radius 3 is 2.70 bits per heavy atom. The Morgan fingerprint density at radius 2 is 1.83 bits per heavy atom. The van der Waals surface area contributed by atoms with Crippen LogP contribution in [0, 0.1) is 0 Å². The van der Waals surface area contributed by atoms with E-state index in [9.17, 15) is 5.11 Å². The van der Waals surface area contributed by atoms with E-state index in [1.54, 1.807) is 6.07 Å². The lowest BCUT2D eigenvalue weighted by Gasteiger charge is -2.31. The van der Waals surface area contributed by atoms with E-state index in [1.807, 2.05) is 54.6 Å². The summed E-state index contributed by atoms with van der Waals surface area (Å²) in [5.41, 5.74) is 3.55. The molecular formula is C23H18BrClN2O3. The summed E-state index contributed by atoms with van der Waals surface area (Å²) in [6.45, 7) is 0.226. The molecule has 0 fully saturated rings. The molecule has 7 heteroatoms. The van der Waals surface area contributed by atoms with E-state index in [0.717, 1.165) is 32.6 Å². The normalized spacial score (nSPS) is 20.1. The number of aromatic hydroxyl groups is 1. The van der Waals surface area contributed by atoms with E-state index in [-0.39, 0.29) is 24.8 Å². The number of benzene rings is 3. The van der Waals surface area contributed by atoms with Crippen molar-refractivity contribution in [1.82, 2.24) is 5.32 Å². The van der Waals surface area contributed by atoms with Crippen LogP contribution in [0.2, 0.25) is 5.02 Å². The first-order valence-electron chi connectivity index (χ1n) is 9.54. The Bertz CT molecular complexity index is 1150. The summed E-state index contributed by atoms with van der Waals surface area (Å²) in [4.78, 5) is 4.97. The van der Waals surface area contributed by atoms with Crippen LogP contribution in [0.4, 0.5) is 0 Å². The average Bonchev–Trinajstić information content (AvgIpc) is 3.23. The molecule has 152 valence electrons. The van der Waals surface area contributed by atoms with Gasteiger partial charge in [0.25, 0.3) is 0 Å². The molecule has 0 saturated carbocycles. The van der Waals surface area contributed by atoms with Crippen LogP contribution < -0.4 is 14.8 Å². The Hall–Kier alpha value is -2.54. The molecule has 0 aliphatic carbocycles. The van der Waals surface area contributed by atoms with Gasteiger partial charge in [-0.1, -0.05) is 45.7 Å². The lowest BCUT2D eigenvalue weighted by Crippen LogP contribution is -2.33. The van der Waals surface area contributed by atoms with Crippen molar-refractivity contribution in [3.8, 4) is 17.2 Å². The van der Waals surface area contributed by atoms with Crippen molar-refractivity contribution in [2.24, 2.45) is 4.99 Å². The fourth-order valence-corrected chi connectivity index (χ4v) is 4.44. The number of phenolic OH excluding ortho intramolecular Hbond substituents is 1. The number of aliphatic imine (C=N–C) groups is 1. The zero-order valence-electron chi connectivity index (χ0n) is 15.8. The SMILES string of the molecule is Oc1ccc(Br)cc1[C@H]1CC(c2ccc3c(c2)OCO3)=N[C@H](c2ccccc2Cl)N1. The van der Waals surface area contributed by atoms with Gasteiger partial charge in [-0.05, 0) is 48.0 Å². The summed E-state index contributed by atoms with van der Waals surface area (Å²) < 4.78 is 11.9. The first kappa shape index (κ1) is 19.4. The highest BCUT2D eigenvalue weighted by Crippen LogP contribution is 2.39. The van der Waals surface area contributed by atoms with Gasteiger partial charge in [0.15, 0.2) is 11.5 Å². The molecule has 0 aromatic heterocycles. The van der Waals surface area contributed by atoms with Gasteiger partial charge in [-0.15, -0.1) is 0 Å². The van der Waals surface area contributed by atoms with Gasteiger partial charge in [-0.3, -0.25) is 10.3 Å². The van der Waals surface area contributed by atoms with Gasteiger partial charge in [0.2, 0.25) is 6.79 Å². The molecule has 30 heavy (non-hydrogen) atoms. The minimum atomic E-state index is -0.351. The predicted molar refractivity (Wildman–Crippen MR) is 120 cm³/mol.